The lowest BCUT2D eigenvalue weighted by Gasteiger charge is -2.31. The van der Waals surface area contributed by atoms with Gasteiger partial charge in [0.2, 0.25) is 0 Å². The van der Waals surface area contributed by atoms with E-state index in [-0.39, 0.29) is 5.54 Å². The molecule has 0 unspecified atom stereocenters. The molecule has 2 heterocycles. The number of hydrogen-bond donors (Lipinski definition) is 1. The molecular formula is C13H19ClN4. The second-order valence-corrected chi connectivity index (χ2v) is 4.96. The van der Waals surface area contributed by atoms with Crippen molar-refractivity contribution in [2.75, 3.05) is 11.2 Å². The first-order chi connectivity index (χ1) is 8.64. The zero-order chi connectivity index (χ0) is 13.2. The molecule has 0 aliphatic heterocycles. The molecule has 2 aromatic rings. The minimum absolute atomic E-state index is 0.0891. The molecule has 1 N–H and O–H groups in total. The minimum Gasteiger partial charge on any atom is -0.363 e. The first-order valence-electron chi connectivity index (χ1n) is 6.28. The van der Waals surface area contributed by atoms with Crippen molar-refractivity contribution < 1.29 is 0 Å². The topological polar surface area (TPSA) is 42.2 Å². The summed E-state index contributed by atoms with van der Waals surface area (Å²) in [6.07, 6.45) is 3.51. The molecule has 2 aromatic heterocycles. The summed E-state index contributed by atoms with van der Waals surface area (Å²) in [7, 11) is 0. The Morgan fingerprint density at radius 3 is 2.67 bits per heavy atom. The molecule has 0 saturated carbocycles. The fourth-order valence-corrected chi connectivity index (χ4v) is 2.51. The maximum Gasteiger partial charge on any atom is 0.157 e. The highest BCUT2D eigenvalue weighted by Gasteiger charge is 2.25. The Labute approximate surface area is 112 Å². The van der Waals surface area contributed by atoms with Gasteiger partial charge >= 0.3 is 0 Å². The van der Waals surface area contributed by atoms with Crippen molar-refractivity contribution in [1.82, 2.24) is 14.6 Å². The van der Waals surface area contributed by atoms with Crippen molar-refractivity contribution in [3.05, 3.63) is 24.0 Å². The van der Waals surface area contributed by atoms with Crippen LogP contribution in [-0.4, -0.2) is 26.0 Å². The van der Waals surface area contributed by atoms with E-state index in [1.165, 1.54) is 0 Å². The predicted octanol–water partition coefficient (Wildman–Crippen LogP) is 3.25. The fourth-order valence-electron chi connectivity index (χ4n) is 2.07. The van der Waals surface area contributed by atoms with Crippen LogP contribution in [0.15, 0.2) is 18.5 Å². The van der Waals surface area contributed by atoms with Crippen molar-refractivity contribution in [3.8, 4) is 0 Å². The molecule has 0 spiro atoms. The van der Waals surface area contributed by atoms with Crippen molar-refractivity contribution in [3.63, 3.8) is 0 Å². The van der Waals surface area contributed by atoms with Crippen LogP contribution in [0.2, 0.25) is 0 Å². The first kappa shape index (κ1) is 13.1. The predicted molar refractivity (Wildman–Crippen MR) is 75.4 cm³/mol. The van der Waals surface area contributed by atoms with Crippen LogP contribution in [-0.2, 0) is 0 Å². The van der Waals surface area contributed by atoms with Gasteiger partial charge in [-0.25, -0.2) is 4.98 Å². The summed E-state index contributed by atoms with van der Waals surface area (Å²) in [5.41, 5.74) is 1.93. The Morgan fingerprint density at radius 2 is 2.06 bits per heavy atom. The maximum atomic E-state index is 6.13. The molecule has 4 nitrogen and oxygen atoms in total. The fraction of sp³-hybridized carbons (Fsp3) is 0.538. The zero-order valence-electron chi connectivity index (χ0n) is 11.1. The summed E-state index contributed by atoms with van der Waals surface area (Å²) in [5.74, 6) is 1.52. The standard InChI is InChI=1S/C13H19ClN4/c1-4-13(5-2,8-14)17-12-7-10(3)6-11-15-9-16-18(11)12/h6-7,9,17H,4-5,8H2,1-3H3. The molecule has 0 amide bonds. The van der Waals surface area contributed by atoms with Gasteiger partial charge in [-0.05, 0) is 37.5 Å². The van der Waals surface area contributed by atoms with Gasteiger partial charge in [-0.15, -0.1) is 11.6 Å². The van der Waals surface area contributed by atoms with Crippen LogP contribution in [0.1, 0.15) is 32.3 Å². The number of anilines is 1. The molecule has 2 rings (SSSR count). The SMILES string of the molecule is CCC(CC)(CCl)Nc1cc(C)cc2ncnn12. The molecule has 0 saturated heterocycles. The van der Waals surface area contributed by atoms with Crippen molar-refractivity contribution in [1.29, 1.82) is 0 Å². The molecule has 0 atom stereocenters. The minimum atomic E-state index is -0.0891. The molecule has 0 radical (unpaired) electrons. The van der Waals surface area contributed by atoms with Gasteiger partial charge in [0.15, 0.2) is 5.65 Å². The smallest absolute Gasteiger partial charge is 0.157 e. The number of nitrogens with zero attached hydrogens (tertiary/aromatic N) is 3. The summed E-state index contributed by atoms with van der Waals surface area (Å²) >= 11 is 6.13. The van der Waals surface area contributed by atoms with Crippen LogP contribution in [0.4, 0.5) is 5.82 Å². The number of hydrogen-bond acceptors (Lipinski definition) is 3. The molecule has 0 fully saturated rings. The van der Waals surface area contributed by atoms with Gasteiger partial charge in [0.1, 0.15) is 12.1 Å². The van der Waals surface area contributed by atoms with Crippen molar-refractivity contribution in [2.24, 2.45) is 0 Å². The Morgan fingerprint density at radius 1 is 1.33 bits per heavy atom. The average molecular weight is 267 g/mol. The number of rotatable bonds is 5. The first-order valence-corrected chi connectivity index (χ1v) is 6.82. The van der Waals surface area contributed by atoms with E-state index in [2.05, 4.69) is 42.2 Å². The van der Waals surface area contributed by atoms with E-state index in [0.717, 1.165) is 29.9 Å². The Bertz CT molecular complexity index is 523. The number of aryl methyl sites for hydroxylation is 1. The van der Waals surface area contributed by atoms with E-state index in [1.54, 1.807) is 6.33 Å². The Kier molecular flexibility index (Phi) is 3.76. The van der Waals surface area contributed by atoms with Crippen LogP contribution in [0, 0.1) is 6.92 Å². The van der Waals surface area contributed by atoms with E-state index in [1.807, 2.05) is 10.6 Å². The van der Waals surface area contributed by atoms with Crippen molar-refractivity contribution >= 4 is 23.1 Å². The van der Waals surface area contributed by atoms with Gasteiger partial charge in [-0.3, -0.25) is 0 Å². The molecule has 0 aliphatic rings. The number of nitrogens with one attached hydrogen (secondary N) is 1. The van der Waals surface area contributed by atoms with Crippen LogP contribution < -0.4 is 5.32 Å². The van der Waals surface area contributed by atoms with Gasteiger partial charge in [0.05, 0.1) is 5.54 Å². The molecule has 0 bridgehead atoms. The summed E-state index contributed by atoms with van der Waals surface area (Å²) in [5, 5.41) is 7.79. The summed E-state index contributed by atoms with van der Waals surface area (Å²) in [6, 6.07) is 4.09. The van der Waals surface area contributed by atoms with E-state index < -0.39 is 0 Å². The Balaban J connectivity index is 2.44. The number of alkyl halides is 1. The van der Waals surface area contributed by atoms with Gasteiger partial charge < -0.3 is 5.32 Å². The van der Waals surface area contributed by atoms with Crippen LogP contribution in [0.3, 0.4) is 0 Å². The van der Waals surface area contributed by atoms with Crippen LogP contribution in [0.5, 0.6) is 0 Å². The second kappa shape index (κ2) is 5.14. The monoisotopic (exact) mass is 266 g/mol. The third kappa shape index (κ3) is 2.29. The van der Waals surface area contributed by atoms with Gasteiger partial charge in [-0.1, -0.05) is 13.8 Å². The summed E-state index contributed by atoms with van der Waals surface area (Å²) in [4.78, 5) is 4.23. The highest BCUT2D eigenvalue weighted by molar-refractivity contribution is 6.18. The number of fused-ring (bicyclic) bond motifs is 1. The summed E-state index contributed by atoms with van der Waals surface area (Å²) in [6.45, 7) is 6.35. The lowest BCUT2D eigenvalue weighted by molar-refractivity contribution is 0.481. The molecular weight excluding hydrogens is 248 g/mol. The average Bonchev–Trinajstić information content (AvgIpc) is 2.84. The van der Waals surface area contributed by atoms with Crippen LogP contribution in [0.25, 0.3) is 5.65 Å². The molecule has 18 heavy (non-hydrogen) atoms. The largest absolute Gasteiger partial charge is 0.363 e. The third-order valence-corrected chi connectivity index (χ3v) is 4.04. The highest BCUT2D eigenvalue weighted by Crippen LogP contribution is 2.24. The van der Waals surface area contributed by atoms with E-state index in [4.69, 9.17) is 11.6 Å². The Hall–Kier alpha value is -1.29. The zero-order valence-corrected chi connectivity index (χ0v) is 11.8. The molecule has 98 valence electrons. The van der Waals surface area contributed by atoms with Gasteiger partial charge in [0, 0.05) is 5.88 Å². The third-order valence-electron chi connectivity index (χ3n) is 3.53. The lowest BCUT2D eigenvalue weighted by atomic mass is 9.95. The van der Waals surface area contributed by atoms with Gasteiger partial charge in [-0.2, -0.15) is 9.61 Å². The van der Waals surface area contributed by atoms with E-state index in [9.17, 15) is 0 Å². The number of pyridine rings is 1. The van der Waals surface area contributed by atoms with Gasteiger partial charge in [0.25, 0.3) is 0 Å². The quantitative estimate of drug-likeness (QED) is 0.845. The molecule has 5 heteroatoms. The number of aromatic nitrogens is 3. The van der Waals surface area contributed by atoms with E-state index in [0.29, 0.717) is 5.88 Å². The maximum absolute atomic E-state index is 6.13. The normalized spacial score (nSPS) is 12.0. The van der Waals surface area contributed by atoms with Crippen molar-refractivity contribution in [2.45, 2.75) is 39.2 Å². The summed E-state index contributed by atoms with van der Waals surface area (Å²) < 4.78 is 1.82. The molecule has 0 aromatic carbocycles. The second-order valence-electron chi connectivity index (χ2n) is 4.69. The van der Waals surface area contributed by atoms with E-state index >= 15 is 0 Å². The highest BCUT2D eigenvalue weighted by atomic mass is 35.5. The van der Waals surface area contributed by atoms with Crippen LogP contribution >= 0.6 is 11.6 Å². The molecule has 0 aliphatic carbocycles. The lowest BCUT2D eigenvalue weighted by Crippen LogP contribution is -2.39. The number of halogens is 1.